The largest absolute Gasteiger partial charge is 0.366 e. The first-order valence-corrected chi connectivity index (χ1v) is 11.4. The van der Waals surface area contributed by atoms with E-state index in [0.29, 0.717) is 11.4 Å². The maximum absolute atomic E-state index is 13.4. The molecule has 3 aromatic rings. The summed E-state index contributed by atoms with van der Waals surface area (Å²) in [4.78, 5) is 19.8. The zero-order valence-corrected chi connectivity index (χ0v) is 18.5. The van der Waals surface area contributed by atoms with Crippen LogP contribution in [-0.2, 0) is 16.7 Å². The molecule has 0 fully saturated rings. The number of nitrogens with two attached hydrogens (primary N) is 1. The number of alkyl halides is 1. The Bertz CT molecular complexity index is 1260. The SMILES string of the molecule is CCS(=O)(=O)Nc1ccccc1Nc1nc(Nc2cc(C(N)=O)ccc2CF)ncc1Cl. The number of carbonyl (C=O) groups is 1. The average Bonchev–Trinajstić information content (AvgIpc) is 2.77. The van der Waals surface area contributed by atoms with E-state index in [0.717, 1.165) is 0 Å². The smallest absolute Gasteiger partial charge is 0.248 e. The Labute approximate surface area is 189 Å². The molecule has 12 heteroatoms. The molecule has 0 saturated heterocycles. The summed E-state index contributed by atoms with van der Waals surface area (Å²) in [5.74, 6) is -0.505. The van der Waals surface area contributed by atoms with E-state index in [1.807, 2.05) is 0 Å². The molecule has 5 N–H and O–H groups in total. The molecule has 1 amide bonds. The van der Waals surface area contributed by atoms with E-state index >= 15 is 0 Å². The van der Waals surface area contributed by atoms with Crippen molar-refractivity contribution in [2.45, 2.75) is 13.6 Å². The van der Waals surface area contributed by atoms with Gasteiger partial charge in [-0.3, -0.25) is 9.52 Å². The van der Waals surface area contributed by atoms with Crippen LogP contribution in [0.25, 0.3) is 0 Å². The van der Waals surface area contributed by atoms with E-state index in [-0.39, 0.29) is 39.4 Å². The van der Waals surface area contributed by atoms with Crippen LogP contribution in [0.5, 0.6) is 0 Å². The van der Waals surface area contributed by atoms with Gasteiger partial charge in [0.2, 0.25) is 21.9 Å². The third-order valence-electron chi connectivity index (χ3n) is 4.35. The van der Waals surface area contributed by atoms with Crippen molar-refractivity contribution in [2.75, 3.05) is 21.1 Å². The number of nitrogens with one attached hydrogen (secondary N) is 3. The highest BCUT2D eigenvalue weighted by molar-refractivity contribution is 7.92. The van der Waals surface area contributed by atoms with Crippen LogP contribution >= 0.6 is 11.6 Å². The zero-order chi connectivity index (χ0) is 23.3. The van der Waals surface area contributed by atoms with Crippen LogP contribution in [0.1, 0.15) is 22.8 Å². The number of benzene rings is 2. The first-order chi connectivity index (χ1) is 15.2. The van der Waals surface area contributed by atoms with Crippen LogP contribution in [0.15, 0.2) is 48.7 Å². The van der Waals surface area contributed by atoms with E-state index in [4.69, 9.17) is 17.3 Å². The molecular weight excluding hydrogens is 459 g/mol. The van der Waals surface area contributed by atoms with Crippen molar-refractivity contribution in [1.82, 2.24) is 9.97 Å². The zero-order valence-electron chi connectivity index (χ0n) is 16.9. The minimum atomic E-state index is -3.51. The van der Waals surface area contributed by atoms with Crippen LogP contribution in [0, 0.1) is 0 Å². The molecule has 0 aliphatic heterocycles. The average molecular weight is 479 g/mol. The predicted octanol–water partition coefficient (Wildman–Crippen LogP) is 3.95. The van der Waals surface area contributed by atoms with Crippen LogP contribution in [-0.4, -0.2) is 30.0 Å². The van der Waals surface area contributed by atoms with Gasteiger partial charge in [-0.05, 0) is 31.2 Å². The molecule has 1 heterocycles. The molecule has 0 unspecified atom stereocenters. The standard InChI is InChI=1S/C20H20ClFN6O3S/c1-2-32(30,31)28-16-6-4-3-5-15(16)25-19-14(21)11-24-20(27-19)26-17-9-12(18(23)29)7-8-13(17)10-22/h3-9,11,28H,2,10H2,1H3,(H2,23,29)(H2,24,25,26,27). The van der Waals surface area contributed by atoms with Gasteiger partial charge in [-0.25, -0.2) is 17.8 Å². The van der Waals surface area contributed by atoms with Crippen molar-refractivity contribution in [1.29, 1.82) is 0 Å². The minimum absolute atomic E-state index is 0.0693. The Morgan fingerprint density at radius 1 is 1.12 bits per heavy atom. The monoisotopic (exact) mass is 478 g/mol. The number of halogens is 2. The molecule has 9 nitrogen and oxygen atoms in total. The highest BCUT2D eigenvalue weighted by Crippen LogP contribution is 2.30. The Morgan fingerprint density at radius 3 is 2.50 bits per heavy atom. The van der Waals surface area contributed by atoms with Crippen molar-refractivity contribution in [3.05, 3.63) is 64.8 Å². The molecule has 0 saturated carbocycles. The van der Waals surface area contributed by atoms with Crippen LogP contribution < -0.4 is 21.1 Å². The van der Waals surface area contributed by atoms with Gasteiger partial charge in [0.05, 0.1) is 23.3 Å². The number of nitrogens with zero attached hydrogens (tertiary/aromatic N) is 2. The molecule has 0 spiro atoms. The van der Waals surface area contributed by atoms with Crippen molar-refractivity contribution >= 4 is 56.4 Å². The second kappa shape index (κ2) is 9.79. The summed E-state index contributed by atoms with van der Waals surface area (Å²) in [5, 5.41) is 5.99. The van der Waals surface area contributed by atoms with Crippen LogP contribution in [0.3, 0.4) is 0 Å². The van der Waals surface area contributed by atoms with E-state index < -0.39 is 22.6 Å². The van der Waals surface area contributed by atoms with Gasteiger partial charge < -0.3 is 16.4 Å². The summed E-state index contributed by atoms with van der Waals surface area (Å²) in [6.45, 7) is 0.738. The van der Waals surface area contributed by atoms with E-state index in [1.54, 1.807) is 24.3 Å². The van der Waals surface area contributed by atoms with Crippen molar-refractivity contribution < 1.29 is 17.6 Å². The second-order valence-electron chi connectivity index (χ2n) is 6.56. The van der Waals surface area contributed by atoms with Gasteiger partial charge in [0.15, 0.2) is 5.82 Å². The number of hydrogen-bond acceptors (Lipinski definition) is 7. The van der Waals surface area contributed by atoms with Gasteiger partial charge >= 0.3 is 0 Å². The topological polar surface area (TPSA) is 139 Å². The lowest BCUT2D eigenvalue weighted by Crippen LogP contribution is -2.15. The summed E-state index contributed by atoms with van der Waals surface area (Å²) in [6.07, 6.45) is 1.32. The Hall–Kier alpha value is -3.44. The third kappa shape index (κ3) is 5.62. The Kier molecular flexibility index (Phi) is 7.11. The van der Waals surface area contributed by atoms with Gasteiger partial charge in [0.25, 0.3) is 0 Å². The Morgan fingerprint density at radius 2 is 1.84 bits per heavy atom. The fourth-order valence-electron chi connectivity index (χ4n) is 2.65. The fourth-order valence-corrected chi connectivity index (χ4v) is 3.44. The Balaban J connectivity index is 1.92. The third-order valence-corrected chi connectivity index (χ3v) is 5.92. The lowest BCUT2D eigenvalue weighted by molar-refractivity contribution is 0.1000. The van der Waals surface area contributed by atoms with Gasteiger partial charge in [-0.2, -0.15) is 4.98 Å². The van der Waals surface area contributed by atoms with Crippen molar-refractivity contribution in [3.8, 4) is 0 Å². The molecule has 2 aromatic carbocycles. The lowest BCUT2D eigenvalue weighted by Gasteiger charge is -2.15. The van der Waals surface area contributed by atoms with Crippen molar-refractivity contribution in [3.63, 3.8) is 0 Å². The summed E-state index contributed by atoms with van der Waals surface area (Å²) in [6, 6.07) is 10.9. The molecule has 0 atom stereocenters. The first kappa shape index (κ1) is 23.2. The quantitative estimate of drug-likeness (QED) is 0.365. The molecule has 0 aliphatic rings. The molecular formula is C20H20ClFN6O3S. The number of carbonyl (C=O) groups excluding carboxylic acids is 1. The van der Waals surface area contributed by atoms with Crippen LogP contribution in [0.4, 0.5) is 33.2 Å². The number of aromatic nitrogens is 2. The van der Waals surface area contributed by atoms with Gasteiger partial charge in [-0.15, -0.1) is 0 Å². The van der Waals surface area contributed by atoms with Gasteiger partial charge in [-0.1, -0.05) is 29.8 Å². The summed E-state index contributed by atoms with van der Waals surface area (Å²) >= 11 is 6.21. The lowest BCUT2D eigenvalue weighted by atomic mass is 10.1. The number of para-hydroxylation sites is 2. The number of primary amides is 1. The van der Waals surface area contributed by atoms with Gasteiger partial charge in [0.1, 0.15) is 11.7 Å². The van der Waals surface area contributed by atoms with Crippen molar-refractivity contribution in [2.24, 2.45) is 5.73 Å². The fraction of sp³-hybridized carbons (Fsp3) is 0.150. The van der Waals surface area contributed by atoms with E-state index in [1.165, 1.54) is 31.3 Å². The highest BCUT2D eigenvalue weighted by Gasteiger charge is 2.14. The number of amides is 1. The predicted molar refractivity (Wildman–Crippen MR) is 123 cm³/mol. The van der Waals surface area contributed by atoms with E-state index in [9.17, 15) is 17.6 Å². The maximum Gasteiger partial charge on any atom is 0.248 e. The molecule has 3 rings (SSSR count). The number of sulfonamides is 1. The number of rotatable bonds is 9. The molecule has 1 aromatic heterocycles. The second-order valence-corrected chi connectivity index (χ2v) is 8.98. The number of anilines is 5. The minimum Gasteiger partial charge on any atom is -0.366 e. The first-order valence-electron chi connectivity index (χ1n) is 9.37. The maximum atomic E-state index is 13.4. The number of hydrogen-bond donors (Lipinski definition) is 4. The van der Waals surface area contributed by atoms with E-state index in [2.05, 4.69) is 25.3 Å². The summed E-state index contributed by atoms with van der Waals surface area (Å²) < 4.78 is 39.8. The summed E-state index contributed by atoms with van der Waals surface area (Å²) in [5.41, 5.74) is 6.76. The molecule has 168 valence electrons. The normalized spacial score (nSPS) is 11.1. The van der Waals surface area contributed by atoms with Crippen LogP contribution in [0.2, 0.25) is 5.02 Å². The summed E-state index contributed by atoms with van der Waals surface area (Å²) in [7, 11) is -3.51. The molecule has 0 bridgehead atoms. The molecule has 0 radical (unpaired) electrons. The van der Waals surface area contributed by atoms with Gasteiger partial charge in [0, 0.05) is 16.8 Å². The molecule has 0 aliphatic carbocycles. The highest BCUT2D eigenvalue weighted by atomic mass is 35.5. The molecule has 32 heavy (non-hydrogen) atoms.